The maximum atomic E-state index is 12.5. The predicted molar refractivity (Wildman–Crippen MR) is 103 cm³/mol. The first kappa shape index (κ1) is 18.6. The molecule has 5 heteroatoms. The average Bonchev–Trinajstić information content (AvgIpc) is 3.14. The molecule has 0 radical (unpaired) electrons. The van der Waals surface area contributed by atoms with Gasteiger partial charge in [-0.15, -0.1) is 0 Å². The van der Waals surface area contributed by atoms with Crippen molar-refractivity contribution in [3.05, 3.63) is 42.1 Å². The zero-order valence-corrected chi connectivity index (χ0v) is 15.8. The van der Waals surface area contributed by atoms with Crippen LogP contribution in [0, 0.1) is 11.8 Å². The Morgan fingerprint density at radius 1 is 1.23 bits per heavy atom. The second kappa shape index (κ2) is 8.99. The van der Waals surface area contributed by atoms with Gasteiger partial charge in [-0.1, -0.05) is 35.5 Å². The zero-order chi connectivity index (χ0) is 18.4. The second-order valence-corrected chi connectivity index (χ2v) is 7.04. The normalized spacial score (nSPS) is 20.1. The average molecular weight is 355 g/mol. The van der Waals surface area contributed by atoms with Crippen molar-refractivity contribution in [2.45, 2.75) is 33.1 Å². The Morgan fingerprint density at radius 2 is 2.00 bits per heavy atom. The second-order valence-electron chi connectivity index (χ2n) is 7.04. The number of amides is 1. The molecule has 1 N–H and O–H groups in total. The van der Waals surface area contributed by atoms with Crippen molar-refractivity contribution in [1.29, 1.82) is 0 Å². The lowest BCUT2D eigenvalue weighted by Gasteiger charge is -2.32. The fourth-order valence-electron chi connectivity index (χ4n) is 3.83. The fourth-order valence-corrected chi connectivity index (χ4v) is 3.83. The van der Waals surface area contributed by atoms with Gasteiger partial charge in [0.2, 0.25) is 5.91 Å². The highest BCUT2D eigenvalue weighted by molar-refractivity contribution is 5.76. The minimum absolute atomic E-state index is 0.275. The molecule has 0 aliphatic carbocycles. The fraction of sp³-hybridized carbons (Fsp3) is 0.524. The molecule has 1 aromatic heterocycles. The van der Waals surface area contributed by atoms with E-state index in [2.05, 4.69) is 10.5 Å². The lowest BCUT2D eigenvalue weighted by Crippen LogP contribution is -2.41. The minimum Gasteiger partial charge on any atom is -0.356 e. The van der Waals surface area contributed by atoms with Gasteiger partial charge in [-0.3, -0.25) is 4.79 Å². The van der Waals surface area contributed by atoms with Gasteiger partial charge in [0.15, 0.2) is 5.76 Å². The first-order valence-electron chi connectivity index (χ1n) is 9.70. The summed E-state index contributed by atoms with van der Waals surface area (Å²) in [4.78, 5) is 14.5. The van der Waals surface area contributed by atoms with Gasteiger partial charge in [0.1, 0.15) is 0 Å². The lowest BCUT2D eigenvalue weighted by atomic mass is 9.81. The van der Waals surface area contributed by atoms with E-state index < -0.39 is 0 Å². The molecule has 1 saturated heterocycles. The SMILES string of the molecule is CCN(CC)C(=O)CC1CCNCC1Cc1cc(-c2ccccc2)on1. The van der Waals surface area contributed by atoms with Gasteiger partial charge in [-0.2, -0.15) is 0 Å². The Morgan fingerprint density at radius 3 is 2.73 bits per heavy atom. The van der Waals surface area contributed by atoms with E-state index in [9.17, 15) is 4.79 Å². The van der Waals surface area contributed by atoms with Crippen LogP contribution >= 0.6 is 0 Å². The third-order valence-corrected chi connectivity index (χ3v) is 5.41. The lowest BCUT2D eigenvalue weighted by molar-refractivity contribution is -0.132. The molecule has 0 bridgehead atoms. The molecule has 2 atom stereocenters. The largest absolute Gasteiger partial charge is 0.356 e. The van der Waals surface area contributed by atoms with Crippen LogP contribution in [0.25, 0.3) is 11.3 Å². The Kier molecular flexibility index (Phi) is 6.45. The smallest absolute Gasteiger partial charge is 0.222 e. The minimum atomic E-state index is 0.275. The van der Waals surface area contributed by atoms with Crippen molar-refractivity contribution >= 4 is 5.91 Å². The topological polar surface area (TPSA) is 58.4 Å². The zero-order valence-electron chi connectivity index (χ0n) is 15.8. The van der Waals surface area contributed by atoms with Crippen molar-refractivity contribution in [1.82, 2.24) is 15.4 Å². The summed E-state index contributed by atoms with van der Waals surface area (Å²) in [6.07, 6.45) is 2.53. The molecule has 1 amide bonds. The number of carbonyl (C=O) groups excluding carboxylic acids is 1. The highest BCUT2D eigenvalue weighted by Crippen LogP contribution is 2.28. The summed E-state index contributed by atoms with van der Waals surface area (Å²) in [5.74, 6) is 1.90. The highest BCUT2D eigenvalue weighted by atomic mass is 16.5. The summed E-state index contributed by atoms with van der Waals surface area (Å²) >= 11 is 0. The van der Waals surface area contributed by atoms with Gasteiger partial charge in [0.05, 0.1) is 5.69 Å². The molecular weight excluding hydrogens is 326 g/mol. The summed E-state index contributed by atoms with van der Waals surface area (Å²) in [5, 5.41) is 7.74. The van der Waals surface area contributed by atoms with E-state index in [-0.39, 0.29) is 5.91 Å². The van der Waals surface area contributed by atoms with Crippen LogP contribution in [0.4, 0.5) is 0 Å². The molecule has 0 spiro atoms. The van der Waals surface area contributed by atoms with Crippen molar-refractivity contribution in [2.24, 2.45) is 11.8 Å². The number of nitrogens with zero attached hydrogens (tertiary/aromatic N) is 2. The van der Waals surface area contributed by atoms with Crippen LogP contribution in [0.3, 0.4) is 0 Å². The van der Waals surface area contributed by atoms with Gasteiger partial charge in [0.25, 0.3) is 0 Å². The van der Waals surface area contributed by atoms with E-state index in [1.807, 2.05) is 55.1 Å². The van der Waals surface area contributed by atoms with E-state index in [1.54, 1.807) is 0 Å². The highest BCUT2D eigenvalue weighted by Gasteiger charge is 2.29. The molecule has 2 unspecified atom stereocenters. The Hall–Kier alpha value is -2.14. The number of nitrogens with one attached hydrogen (secondary N) is 1. The number of carbonyl (C=O) groups is 1. The van der Waals surface area contributed by atoms with Crippen molar-refractivity contribution in [2.75, 3.05) is 26.2 Å². The van der Waals surface area contributed by atoms with Crippen LogP contribution in [0.15, 0.2) is 40.9 Å². The first-order chi connectivity index (χ1) is 12.7. The molecule has 1 aliphatic rings. The molecule has 5 nitrogen and oxygen atoms in total. The van der Waals surface area contributed by atoms with Crippen LogP contribution in [-0.2, 0) is 11.2 Å². The van der Waals surface area contributed by atoms with Crippen molar-refractivity contribution < 1.29 is 9.32 Å². The van der Waals surface area contributed by atoms with Crippen LogP contribution < -0.4 is 5.32 Å². The van der Waals surface area contributed by atoms with Gasteiger partial charge in [-0.25, -0.2) is 0 Å². The van der Waals surface area contributed by atoms with Crippen molar-refractivity contribution in [3.8, 4) is 11.3 Å². The Balaban J connectivity index is 1.65. The molecule has 2 heterocycles. The van der Waals surface area contributed by atoms with E-state index in [0.717, 1.165) is 56.0 Å². The number of hydrogen-bond acceptors (Lipinski definition) is 4. The summed E-state index contributed by atoms with van der Waals surface area (Å²) in [6.45, 7) is 7.58. The molecule has 1 aromatic carbocycles. The molecule has 3 rings (SSSR count). The summed E-state index contributed by atoms with van der Waals surface area (Å²) in [7, 11) is 0. The molecular formula is C21H29N3O2. The third kappa shape index (κ3) is 4.52. The first-order valence-corrected chi connectivity index (χ1v) is 9.70. The Bertz CT molecular complexity index is 694. The number of hydrogen-bond donors (Lipinski definition) is 1. The van der Waals surface area contributed by atoms with Gasteiger partial charge in [-0.05, 0) is 51.6 Å². The third-order valence-electron chi connectivity index (χ3n) is 5.41. The van der Waals surface area contributed by atoms with Gasteiger partial charge >= 0.3 is 0 Å². The molecule has 1 aliphatic heterocycles. The monoisotopic (exact) mass is 355 g/mol. The van der Waals surface area contributed by atoms with Gasteiger partial charge < -0.3 is 14.7 Å². The van der Waals surface area contributed by atoms with Crippen molar-refractivity contribution in [3.63, 3.8) is 0 Å². The standard InChI is InChI=1S/C21H29N3O2/c1-3-24(4-2)21(25)13-17-10-11-22-15-18(17)12-19-14-20(26-23-19)16-8-6-5-7-9-16/h5-9,14,17-18,22H,3-4,10-13,15H2,1-2H3. The summed E-state index contributed by atoms with van der Waals surface area (Å²) in [5.41, 5.74) is 2.01. The maximum Gasteiger partial charge on any atom is 0.222 e. The van der Waals surface area contributed by atoms with Crippen LogP contribution in [0.2, 0.25) is 0 Å². The molecule has 140 valence electrons. The number of piperidine rings is 1. The molecule has 1 fully saturated rings. The predicted octanol–water partition coefficient (Wildman–Crippen LogP) is 3.37. The number of rotatable bonds is 7. The molecule has 26 heavy (non-hydrogen) atoms. The molecule has 2 aromatic rings. The number of aromatic nitrogens is 1. The molecule has 0 saturated carbocycles. The van der Waals surface area contributed by atoms with Crippen LogP contribution in [0.1, 0.15) is 32.4 Å². The number of benzene rings is 1. The van der Waals surface area contributed by atoms with Crippen LogP contribution in [-0.4, -0.2) is 42.1 Å². The van der Waals surface area contributed by atoms with E-state index in [1.165, 1.54) is 0 Å². The van der Waals surface area contributed by atoms with Crippen LogP contribution in [0.5, 0.6) is 0 Å². The summed E-state index contributed by atoms with van der Waals surface area (Å²) in [6, 6.07) is 12.1. The van der Waals surface area contributed by atoms with E-state index in [0.29, 0.717) is 18.3 Å². The van der Waals surface area contributed by atoms with Gasteiger partial charge in [0, 0.05) is 31.1 Å². The Labute approximate surface area is 155 Å². The maximum absolute atomic E-state index is 12.5. The van der Waals surface area contributed by atoms with E-state index in [4.69, 9.17) is 4.52 Å². The summed E-state index contributed by atoms with van der Waals surface area (Å²) < 4.78 is 5.54. The quantitative estimate of drug-likeness (QED) is 0.827. The van der Waals surface area contributed by atoms with E-state index >= 15 is 0 Å².